The van der Waals surface area contributed by atoms with E-state index in [0.29, 0.717) is 43.8 Å². The van der Waals surface area contributed by atoms with Gasteiger partial charge in [-0.3, -0.25) is 4.79 Å². The molecular weight excluding hydrogens is 550 g/mol. The summed E-state index contributed by atoms with van der Waals surface area (Å²) in [5.74, 6) is -0.739. The van der Waals surface area contributed by atoms with Crippen LogP contribution in [0, 0.1) is 18.8 Å². The van der Waals surface area contributed by atoms with E-state index >= 15 is 0 Å². The van der Waals surface area contributed by atoms with Crippen molar-refractivity contribution in [1.82, 2.24) is 10.2 Å². The number of halogens is 6. The van der Waals surface area contributed by atoms with Crippen molar-refractivity contribution in [2.45, 2.75) is 63.4 Å². The van der Waals surface area contributed by atoms with Gasteiger partial charge in [0.2, 0.25) is 0 Å². The molecule has 2 heterocycles. The Morgan fingerprint density at radius 2 is 1.66 bits per heavy atom. The number of carbonyl (C=O) groups is 1. The van der Waals surface area contributed by atoms with Crippen LogP contribution in [0.5, 0.6) is 0 Å². The molecule has 6 atom stereocenters. The molecule has 2 fully saturated rings. The highest BCUT2D eigenvalue weighted by Crippen LogP contribution is 2.51. The number of aliphatic hydroxyl groups excluding tert-OH is 1. The second-order valence-corrected chi connectivity index (χ2v) is 11.2. The molecule has 0 radical (unpaired) electrons. The Hall–Kier alpha value is -2.89. The van der Waals surface area contributed by atoms with Gasteiger partial charge >= 0.3 is 12.4 Å². The lowest BCUT2D eigenvalue weighted by Crippen LogP contribution is -2.44. The third-order valence-corrected chi connectivity index (χ3v) is 8.58. The van der Waals surface area contributed by atoms with Crippen molar-refractivity contribution < 1.29 is 41.0 Å². The van der Waals surface area contributed by atoms with Crippen molar-refractivity contribution in [1.29, 1.82) is 0 Å². The van der Waals surface area contributed by atoms with Crippen LogP contribution >= 0.6 is 0 Å². The van der Waals surface area contributed by atoms with Crippen molar-refractivity contribution in [2.24, 2.45) is 11.8 Å². The first kappa shape index (κ1) is 29.6. The van der Waals surface area contributed by atoms with E-state index in [0.717, 1.165) is 11.1 Å². The van der Waals surface area contributed by atoms with Gasteiger partial charge in [0, 0.05) is 36.7 Å². The van der Waals surface area contributed by atoms with E-state index in [1.165, 1.54) is 6.92 Å². The SMILES string of the molecule is Cc1ccccc1[C@H]1[C@@H]2C(O)N(C3=CC(=O)CNC3)C[C@H]2CC[C@@H]1O[C@H](C)c1cc(C(F)(F)F)cc(C(F)(F)F)c1. The molecule has 2 aromatic carbocycles. The summed E-state index contributed by atoms with van der Waals surface area (Å²) in [4.78, 5) is 13.9. The molecule has 0 spiro atoms. The van der Waals surface area contributed by atoms with Crippen molar-refractivity contribution in [3.63, 3.8) is 0 Å². The number of nitrogens with zero attached hydrogens (tertiary/aromatic N) is 1. The fourth-order valence-electron chi connectivity index (χ4n) is 6.65. The van der Waals surface area contributed by atoms with Gasteiger partial charge in [-0.1, -0.05) is 24.3 Å². The highest BCUT2D eigenvalue weighted by atomic mass is 19.4. The number of alkyl halides is 6. The highest BCUT2D eigenvalue weighted by molar-refractivity contribution is 5.92. The van der Waals surface area contributed by atoms with Crippen molar-refractivity contribution in [3.8, 4) is 0 Å². The zero-order chi connectivity index (χ0) is 29.7. The van der Waals surface area contributed by atoms with E-state index in [1.807, 2.05) is 36.1 Å². The van der Waals surface area contributed by atoms with Crippen LogP contribution in [0.25, 0.3) is 0 Å². The molecule has 5 rings (SSSR count). The molecule has 11 heteroatoms. The van der Waals surface area contributed by atoms with Crippen molar-refractivity contribution in [2.75, 3.05) is 19.6 Å². The number of likely N-dealkylation sites (tertiary alicyclic amines) is 1. The molecule has 1 saturated carbocycles. The van der Waals surface area contributed by atoms with E-state index in [-0.39, 0.29) is 41.7 Å². The summed E-state index contributed by atoms with van der Waals surface area (Å²) >= 11 is 0. The topological polar surface area (TPSA) is 61.8 Å². The molecule has 1 unspecified atom stereocenters. The molecule has 1 saturated heterocycles. The van der Waals surface area contributed by atoms with Gasteiger partial charge in [0.05, 0.1) is 29.9 Å². The summed E-state index contributed by atoms with van der Waals surface area (Å²) in [6.07, 6.45) is -9.83. The fraction of sp³-hybridized carbons (Fsp3) is 0.500. The first-order valence-electron chi connectivity index (χ1n) is 13.6. The Morgan fingerprint density at radius 3 is 2.27 bits per heavy atom. The average Bonchev–Trinajstić information content (AvgIpc) is 3.24. The lowest BCUT2D eigenvalue weighted by Gasteiger charge is -2.42. The molecule has 5 nitrogen and oxygen atoms in total. The summed E-state index contributed by atoms with van der Waals surface area (Å²) in [6.45, 7) is 4.57. The van der Waals surface area contributed by atoms with Crippen LogP contribution in [0.15, 0.2) is 54.2 Å². The molecule has 0 bridgehead atoms. The zero-order valence-corrected chi connectivity index (χ0v) is 22.6. The van der Waals surface area contributed by atoms with Gasteiger partial charge < -0.3 is 20.1 Å². The van der Waals surface area contributed by atoms with E-state index in [4.69, 9.17) is 4.74 Å². The minimum absolute atomic E-state index is 0.0491. The number of ketones is 1. The Morgan fingerprint density at radius 1 is 1.00 bits per heavy atom. The summed E-state index contributed by atoms with van der Waals surface area (Å²) in [5.41, 5.74) is -0.445. The smallest absolute Gasteiger partial charge is 0.373 e. The molecule has 1 aliphatic carbocycles. The number of carbonyl (C=O) groups excluding carboxylic acids is 1. The number of fused-ring (bicyclic) bond motifs is 1. The van der Waals surface area contributed by atoms with E-state index in [9.17, 15) is 36.2 Å². The van der Waals surface area contributed by atoms with Gasteiger partial charge in [0.25, 0.3) is 0 Å². The van der Waals surface area contributed by atoms with Crippen LogP contribution in [0.2, 0.25) is 0 Å². The number of hydrogen-bond acceptors (Lipinski definition) is 5. The Balaban J connectivity index is 1.49. The summed E-state index contributed by atoms with van der Waals surface area (Å²) in [5, 5.41) is 14.6. The predicted octanol–water partition coefficient (Wildman–Crippen LogP) is 5.98. The molecule has 0 amide bonds. The maximum absolute atomic E-state index is 13.5. The van der Waals surface area contributed by atoms with E-state index in [2.05, 4.69) is 5.32 Å². The maximum Gasteiger partial charge on any atom is 0.416 e. The fourth-order valence-corrected chi connectivity index (χ4v) is 6.65. The van der Waals surface area contributed by atoms with Crippen LogP contribution < -0.4 is 5.32 Å². The minimum atomic E-state index is -4.96. The standard InChI is InChI=1S/C30H32F6N2O3/c1-16-5-3-4-6-24(16)27-25(8-7-18-15-38(28(40)26(18)27)22-12-23(39)14-37-13-22)41-17(2)19-9-20(29(31,32)33)11-21(10-19)30(34,35)36/h3-6,9-12,17-18,25-28,37,40H,7-8,13-15H2,1-2H3/t17-,18-,25+,26-,27-,28?/m1/s1. The van der Waals surface area contributed by atoms with Crippen LogP contribution in [-0.2, 0) is 21.9 Å². The van der Waals surface area contributed by atoms with E-state index < -0.39 is 41.9 Å². The van der Waals surface area contributed by atoms with E-state index in [1.54, 1.807) is 6.08 Å². The monoisotopic (exact) mass is 582 g/mol. The first-order chi connectivity index (χ1) is 19.2. The van der Waals surface area contributed by atoms with Gasteiger partial charge in [-0.25, -0.2) is 0 Å². The number of benzene rings is 2. The quantitative estimate of drug-likeness (QED) is 0.425. The van der Waals surface area contributed by atoms with Crippen LogP contribution in [0.1, 0.15) is 59.6 Å². The lowest BCUT2D eigenvalue weighted by atomic mass is 9.68. The minimum Gasteiger partial charge on any atom is -0.373 e. The normalized spacial score (nSPS) is 27.9. The van der Waals surface area contributed by atoms with Crippen LogP contribution in [-0.4, -0.2) is 47.8 Å². The average molecular weight is 583 g/mol. The third kappa shape index (κ3) is 6.03. The van der Waals surface area contributed by atoms with Gasteiger partial charge in [-0.15, -0.1) is 0 Å². The summed E-state index contributed by atoms with van der Waals surface area (Å²) in [6, 6.07) is 9.12. The molecule has 2 aromatic rings. The molecular formula is C30H32F6N2O3. The molecule has 2 aliphatic heterocycles. The molecule has 222 valence electrons. The Labute approximate surface area is 234 Å². The first-order valence-corrected chi connectivity index (χ1v) is 13.6. The van der Waals surface area contributed by atoms with Crippen LogP contribution in [0.4, 0.5) is 26.3 Å². The lowest BCUT2D eigenvalue weighted by molar-refractivity contribution is -0.143. The number of rotatable bonds is 5. The second-order valence-electron chi connectivity index (χ2n) is 11.2. The summed E-state index contributed by atoms with van der Waals surface area (Å²) in [7, 11) is 0. The van der Waals surface area contributed by atoms with Crippen molar-refractivity contribution in [3.05, 3.63) is 82.1 Å². The Kier molecular flexibility index (Phi) is 7.99. The van der Waals surface area contributed by atoms with Crippen molar-refractivity contribution >= 4 is 5.78 Å². The van der Waals surface area contributed by atoms with Gasteiger partial charge in [0.1, 0.15) is 6.23 Å². The number of nitrogens with one attached hydrogen (secondary N) is 1. The predicted molar refractivity (Wildman–Crippen MR) is 139 cm³/mol. The molecule has 3 aliphatic rings. The number of aryl methyl sites for hydroxylation is 1. The highest BCUT2D eigenvalue weighted by Gasteiger charge is 2.52. The largest absolute Gasteiger partial charge is 0.416 e. The van der Waals surface area contributed by atoms with Gasteiger partial charge in [-0.05, 0) is 67.5 Å². The molecule has 0 aromatic heterocycles. The zero-order valence-electron chi connectivity index (χ0n) is 22.6. The second kappa shape index (κ2) is 11.1. The van der Waals surface area contributed by atoms with Gasteiger partial charge in [0.15, 0.2) is 5.78 Å². The maximum atomic E-state index is 13.5. The van der Waals surface area contributed by atoms with Crippen LogP contribution in [0.3, 0.4) is 0 Å². The Bertz CT molecular complexity index is 1290. The van der Waals surface area contributed by atoms with Gasteiger partial charge in [-0.2, -0.15) is 26.3 Å². The number of hydrogen-bond donors (Lipinski definition) is 2. The molecule has 41 heavy (non-hydrogen) atoms. The number of ether oxygens (including phenoxy) is 1. The summed E-state index contributed by atoms with van der Waals surface area (Å²) < 4.78 is 87.5. The molecule has 2 N–H and O–H groups in total. The number of aliphatic hydroxyl groups is 1. The third-order valence-electron chi connectivity index (χ3n) is 8.58.